The number of alkyl halides is 3. The summed E-state index contributed by atoms with van der Waals surface area (Å²) in [6.07, 6.45) is 0.454. The zero-order valence-corrected chi connectivity index (χ0v) is 12.5. The first-order chi connectivity index (χ1) is 9.56. The highest BCUT2D eigenvalue weighted by atomic mass is 19.4. The number of halogens is 3. The Labute approximate surface area is 123 Å². The molecule has 4 heteroatoms. The zero-order valence-electron chi connectivity index (χ0n) is 12.5. The molecule has 0 saturated heterocycles. The van der Waals surface area contributed by atoms with Crippen molar-refractivity contribution in [2.24, 2.45) is 11.3 Å². The van der Waals surface area contributed by atoms with Gasteiger partial charge in [0.25, 0.3) is 0 Å². The Morgan fingerprint density at radius 1 is 1.29 bits per heavy atom. The first-order valence-electron chi connectivity index (χ1n) is 7.15. The maximum absolute atomic E-state index is 12.7. The second-order valence-corrected chi connectivity index (χ2v) is 6.54. The van der Waals surface area contributed by atoms with Gasteiger partial charge in [0.2, 0.25) is 0 Å². The molecule has 0 bridgehead atoms. The molecule has 1 aliphatic carbocycles. The predicted molar refractivity (Wildman–Crippen MR) is 77.6 cm³/mol. The van der Waals surface area contributed by atoms with Crippen LogP contribution in [0.15, 0.2) is 30.3 Å². The summed E-state index contributed by atoms with van der Waals surface area (Å²) in [5.74, 6) is 0.369. The minimum Gasteiger partial charge on any atom is -0.385 e. The van der Waals surface area contributed by atoms with E-state index >= 15 is 0 Å². The molecule has 116 valence electrons. The van der Waals surface area contributed by atoms with Gasteiger partial charge in [-0.2, -0.15) is 13.2 Å². The van der Waals surface area contributed by atoms with Gasteiger partial charge in [0.05, 0.1) is 11.2 Å². The predicted octanol–water partition coefficient (Wildman–Crippen LogP) is 4.91. The second-order valence-electron chi connectivity index (χ2n) is 6.54. The fourth-order valence-corrected chi connectivity index (χ4v) is 2.90. The van der Waals surface area contributed by atoms with Crippen LogP contribution in [-0.2, 0) is 6.18 Å². The molecule has 0 radical (unpaired) electrons. The van der Waals surface area contributed by atoms with E-state index in [1.807, 2.05) is 13.8 Å². The van der Waals surface area contributed by atoms with Gasteiger partial charge < -0.3 is 5.11 Å². The number of benzene rings is 1. The van der Waals surface area contributed by atoms with Gasteiger partial charge in [0, 0.05) is 0 Å². The molecule has 0 amide bonds. The first kappa shape index (κ1) is 16.1. The fourth-order valence-electron chi connectivity index (χ4n) is 2.90. The molecule has 2 unspecified atom stereocenters. The molecular weight excluding hydrogens is 277 g/mol. The summed E-state index contributed by atoms with van der Waals surface area (Å²) < 4.78 is 38.1. The average molecular weight is 298 g/mol. The third kappa shape index (κ3) is 3.00. The van der Waals surface area contributed by atoms with Crippen molar-refractivity contribution in [3.63, 3.8) is 0 Å². The molecule has 0 aliphatic heterocycles. The summed E-state index contributed by atoms with van der Waals surface area (Å²) in [4.78, 5) is 0. The van der Waals surface area contributed by atoms with E-state index < -0.39 is 17.3 Å². The van der Waals surface area contributed by atoms with Crippen molar-refractivity contribution in [1.82, 2.24) is 0 Å². The van der Waals surface area contributed by atoms with Crippen LogP contribution < -0.4 is 0 Å². The van der Waals surface area contributed by atoms with E-state index in [1.165, 1.54) is 6.07 Å². The summed E-state index contributed by atoms with van der Waals surface area (Å²) >= 11 is 0. The van der Waals surface area contributed by atoms with E-state index in [0.29, 0.717) is 17.9 Å². The number of aliphatic hydroxyl groups is 1. The molecule has 1 aromatic rings. The Bertz CT molecular complexity index is 545. The SMILES string of the molecule is CC1CCC(O)(/C=C/c2cccc(C(F)(F)F)c2)C1(C)C. The lowest BCUT2D eigenvalue weighted by Crippen LogP contribution is -2.40. The average Bonchev–Trinajstić information content (AvgIpc) is 2.60. The van der Waals surface area contributed by atoms with Crippen molar-refractivity contribution < 1.29 is 18.3 Å². The van der Waals surface area contributed by atoms with Gasteiger partial charge in [-0.15, -0.1) is 0 Å². The molecule has 2 rings (SSSR count). The number of hydrogen-bond acceptors (Lipinski definition) is 1. The Morgan fingerprint density at radius 2 is 1.95 bits per heavy atom. The molecule has 1 saturated carbocycles. The van der Waals surface area contributed by atoms with E-state index in [0.717, 1.165) is 18.6 Å². The van der Waals surface area contributed by atoms with E-state index in [9.17, 15) is 18.3 Å². The second kappa shape index (κ2) is 5.16. The molecule has 1 nitrogen and oxygen atoms in total. The smallest absolute Gasteiger partial charge is 0.385 e. The summed E-state index contributed by atoms with van der Waals surface area (Å²) in [6, 6.07) is 5.15. The van der Waals surface area contributed by atoms with E-state index in [4.69, 9.17) is 0 Å². The lowest BCUT2D eigenvalue weighted by Gasteiger charge is -2.37. The number of rotatable bonds is 2. The van der Waals surface area contributed by atoms with Crippen LogP contribution in [0.25, 0.3) is 6.08 Å². The lowest BCUT2D eigenvalue weighted by atomic mass is 9.73. The highest BCUT2D eigenvalue weighted by Gasteiger charge is 2.50. The maximum Gasteiger partial charge on any atom is 0.416 e. The first-order valence-corrected chi connectivity index (χ1v) is 7.15. The Morgan fingerprint density at radius 3 is 2.48 bits per heavy atom. The summed E-state index contributed by atoms with van der Waals surface area (Å²) in [7, 11) is 0. The topological polar surface area (TPSA) is 20.2 Å². The van der Waals surface area contributed by atoms with E-state index in [2.05, 4.69) is 6.92 Å². The van der Waals surface area contributed by atoms with Gasteiger partial charge in [-0.1, -0.05) is 45.1 Å². The Hall–Kier alpha value is -1.29. The molecular formula is C17H21F3O. The fraction of sp³-hybridized carbons (Fsp3) is 0.529. The van der Waals surface area contributed by atoms with Crippen molar-refractivity contribution in [1.29, 1.82) is 0 Å². The third-order valence-corrected chi connectivity index (χ3v) is 5.07. The van der Waals surface area contributed by atoms with Gasteiger partial charge in [0.15, 0.2) is 0 Å². The van der Waals surface area contributed by atoms with Crippen LogP contribution in [-0.4, -0.2) is 10.7 Å². The van der Waals surface area contributed by atoms with Gasteiger partial charge in [-0.3, -0.25) is 0 Å². The standard InChI is InChI=1S/C17H21F3O/c1-12-7-9-16(21,15(12,2)3)10-8-13-5-4-6-14(11-13)17(18,19)20/h4-6,8,10-12,21H,7,9H2,1-3H3/b10-8+. The number of hydrogen-bond donors (Lipinski definition) is 1. The maximum atomic E-state index is 12.7. The summed E-state index contributed by atoms with van der Waals surface area (Å²) in [5.41, 5.74) is -1.48. The monoisotopic (exact) mass is 298 g/mol. The van der Waals surface area contributed by atoms with Crippen LogP contribution in [0.3, 0.4) is 0 Å². The van der Waals surface area contributed by atoms with Gasteiger partial charge in [-0.25, -0.2) is 0 Å². The zero-order chi connectivity index (χ0) is 15.9. The third-order valence-electron chi connectivity index (χ3n) is 5.07. The van der Waals surface area contributed by atoms with Crippen molar-refractivity contribution in [3.05, 3.63) is 41.5 Å². The molecule has 1 N–H and O–H groups in total. The van der Waals surface area contributed by atoms with Gasteiger partial charge >= 0.3 is 6.18 Å². The van der Waals surface area contributed by atoms with Gasteiger partial charge in [-0.05, 0) is 41.9 Å². The highest BCUT2D eigenvalue weighted by molar-refractivity contribution is 5.52. The summed E-state index contributed by atoms with van der Waals surface area (Å²) in [5, 5.41) is 10.8. The normalized spacial score (nSPS) is 29.2. The molecule has 1 fully saturated rings. The lowest BCUT2D eigenvalue weighted by molar-refractivity contribution is -0.137. The quantitative estimate of drug-likeness (QED) is 0.823. The van der Waals surface area contributed by atoms with Crippen molar-refractivity contribution >= 4 is 6.08 Å². The molecule has 0 aromatic heterocycles. The molecule has 0 spiro atoms. The Kier molecular flexibility index (Phi) is 3.96. The molecule has 2 atom stereocenters. The van der Waals surface area contributed by atoms with E-state index in [1.54, 1.807) is 18.2 Å². The highest BCUT2D eigenvalue weighted by Crippen LogP contribution is 2.50. The minimum atomic E-state index is -4.35. The van der Waals surface area contributed by atoms with Crippen LogP contribution in [0.5, 0.6) is 0 Å². The molecule has 1 aliphatic rings. The van der Waals surface area contributed by atoms with Crippen LogP contribution in [0.1, 0.15) is 44.7 Å². The van der Waals surface area contributed by atoms with Gasteiger partial charge in [0.1, 0.15) is 0 Å². The van der Waals surface area contributed by atoms with Crippen molar-refractivity contribution in [3.8, 4) is 0 Å². The van der Waals surface area contributed by atoms with Crippen molar-refractivity contribution in [2.45, 2.75) is 45.4 Å². The Balaban J connectivity index is 2.26. The van der Waals surface area contributed by atoms with Crippen LogP contribution in [0.2, 0.25) is 0 Å². The van der Waals surface area contributed by atoms with Crippen LogP contribution in [0, 0.1) is 11.3 Å². The van der Waals surface area contributed by atoms with Crippen LogP contribution >= 0.6 is 0 Å². The summed E-state index contributed by atoms with van der Waals surface area (Å²) in [6.45, 7) is 6.10. The molecule has 21 heavy (non-hydrogen) atoms. The molecule has 1 aromatic carbocycles. The van der Waals surface area contributed by atoms with Crippen LogP contribution in [0.4, 0.5) is 13.2 Å². The largest absolute Gasteiger partial charge is 0.416 e. The minimum absolute atomic E-state index is 0.287. The van der Waals surface area contributed by atoms with E-state index in [-0.39, 0.29) is 5.41 Å². The molecule has 0 heterocycles. The van der Waals surface area contributed by atoms with Crippen molar-refractivity contribution in [2.75, 3.05) is 0 Å².